The molecule has 0 aromatic heterocycles. The monoisotopic (exact) mass is 358 g/mol. The highest BCUT2D eigenvalue weighted by molar-refractivity contribution is 5.92. The minimum absolute atomic E-state index is 0.00521. The van der Waals surface area contributed by atoms with Gasteiger partial charge in [0.1, 0.15) is 0 Å². The fourth-order valence-electron chi connectivity index (χ4n) is 3.81. The molecule has 0 bridgehead atoms. The van der Waals surface area contributed by atoms with Gasteiger partial charge in [0.05, 0.1) is 6.42 Å². The van der Waals surface area contributed by atoms with Crippen LogP contribution in [0.3, 0.4) is 0 Å². The number of anilines is 1. The zero-order valence-corrected chi connectivity index (χ0v) is 15.6. The van der Waals surface area contributed by atoms with Gasteiger partial charge in [-0.25, -0.2) is 0 Å². The van der Waals surface area contributed by atoms with Crippen molar-refractivity contribution in [2.45, 2.75) is 38.1 Å². The van der Waals surface area contributed by atoms with Crippen LogP contribution < -0.4 is 11.1 Å². The molecule has 26 heavy (non-hydrogen) atoms. The van der Waals surface area contributed by atoms with E-state index in [4.69, 9.17) is 5.73 Å². The van der Waals surface area contributed by atoms with E-state index in [1.165, 1.54) is 0 Å². The maximum atomic E-state index is 12.5. The molecule has 2 unspecified atom stereocenters. The molecule has 2 aliphatic rings. The Morgan fingerprint density at radius 2 is 1.96 bits per heavy atom. The molecular formula is C20H30N4O2. The first kappa shape index (κ1) is 18.9. The van der Waals surface area contributed by atoms with Gasteiger partial charge in [-0.3, -0.25) is 9.59 Å². The van der Waals surface area contributed by atoms with Crippen molar-refractivity contribution in [3.05, 3.63) is 29.8 Å². The number of amides is 2. The lowest BCUT2D eigenvalue weighted by Gasteiger charge is -2.32. The van der Waals surface area contributed by atoms with Crippen LogP contribution in [0.15, 0.2) is 24.3 Å². The molecule has 6 heteroatoms. The second kappa shape index (κ2) is 8.64. The number of benzene rings is 1. The molecule has 142 valence electrons. The molecular weight excluding hydrogens is 328 g/mol. The van der Waals surface area contributed by atoms with Crippen LogP contribution >= 0.6 is 0 Å². The van der Waals surface area contributed by atoms with Crippen LogP contribution in [-0.2, 0) is 16.0 Å². The lowest BCUT2D eigenvalue weighted by Crippen LogP contribution is -2.47. The largest absolute Gasteiger partial charge is 0.340 e. The number of hydrogen-bond acceptors (Lipinski definition) is 4. The quantitative estimate of drug-likeness (QED) is 0.854. The summed E-state index contributed by atoms with van der Waals surface area (Å²) >= 11 is 0. The van der Waals surface area contributed by atoms with Crippen molar-refractivity contribution in [3.8, 4) is 0 Å². The molecule has 1 saturated carbocycles. The van der Waals surface area contributed by atoms with Crippen LogP contribution in [-0.4, -0.2) is 60.9 Å². The Balaban J connectivity index is 1.56. The predicted molar refractivity (Wildman–Crippen MR) is 103 cm³/mol. The van der Waals surface area contributed by atoms with E-state index >= 15 is 0 Å². The van der Waals surface area contributed by atoms with Crippen molar-refractivity contribution >= 4 is 17.5 Å². The maximum absolute atomic E-state index is 12.5. The van der Waals surface area contributed by atoms with Gasteiger partial charge >= 0.3 is 0 Å². The molecule has 1 aromatic carbocycles. The number of carbonyl (C=O) groups is 2. The van der Waals surface area contributed by atoms with Crippen LogP contribution in [0.25, 0.3) is 0 Å². The summed E-state index contributed by atoms with van der Waals surface area (Å²) in [5, 5.41) is 3.01. The fraction of sp³-hybridized carbons (Fsp3) is 0.600. The Bertz CT molecular complexity index is 640. The van der Waals surface area contributed by atoms with Crippen molar-refractivity contribution in [2.75, 3.05) is 38.5 Å². The van der Waals surface area contributed by atoms with Crippen LogP contribution in [0.2, 0.25) is 0 Å². The summed E-state index contributed by atoms with van der Waals surface area (Å²) < 4.78 is 0. The molecule has 2 atom stereocenters. The number of nitrogens with zero attached hydrogens (tertiary/aromatic N) is 2. The van der Waals surface area contributed by atoms with Crippen LogP contribution in [0, 0.1) is 5.92 Å². The van der Waals surface area contributed by atoms with E-state index in [-0.39, 0.29) is 23.8 Å². The van der Waals surface area contributed by atoms with Crippen LogP contribution in [0.4, 0.5) is 5.69 Å². The van der Waals surface area contributed by atoms with Gasteiger partial charge < -0.3 is 20.9 Å². The van der Waals surface area contributed by atoms with Crippen molar-refractivity contribution in [1.82, 2.24) is 9.80 Å². The summed E-state index contributed by atoms with van der Waals surface area (Å²) in [5.41, 5.74) is 7.69. The Kier molecular flexibility index (Phi) is 6.27. The Hall–Kier alpha value is -1.92. The molecule has 2 amide bonds. The van der Waals surface area contributed by atoms with Crippen LogP contribution in [0.5, 0.6) is 0 Å². The summed E-state index contributed by atoms with van der Waals surface area (Å²) in [6.07, 6.45) is 4.06. The smallest absolute Gasteiger partial charge is 0.227 e. The van der Waals surface area contributed by atoms with E-state index in [1.54, 1.807) is 0 Å². The lowest BCUT2D eigenvalue weighted by molar-refractivity contribution is -0.132. The third kappa shape index (κ3) is 5.05. The molecule has 1 heterocycles. The summed E-state index contributed by atoms with van der Waals surface area (Å²) in [6.45, 7) is 3.41. The van der Waals surface area contributed by atoms with Gasteiger partial charge in [-0.15, -0.1) is 0 Å². The molecule has 1 aliphatic heterocycles. The lowest BCUT2D eigenvalue weighted by atomic mass is 9.85. The first-order chi connectivity index (χ1) is 12.5. The second-order valence-electron chi connectivity index (χ2n) is 7.67. The Morgan fingerprint density at radius 3 is 2.69 bits per heavy atom. The Labute approximate surface area is 155 Å². The van der Waals surface area contributed by atoms with Gasteiger partial charge in [-0.2, -0.15) is 0 Å². The van der Waals surface area contributed by atoms with Crippen molar-refractivity contribution in [1.29, 1.82) is 0 Å². The maximum Gasteiger partial charge on any atom is 0.227 e. The molecule has 0 radical (unpaired) electrons. The topological polar surface area (TPSA) is 78.7 Å². The van der Waals surface area contributed by atoms with Gasteiger partial charge in [0.2, 0.25) is 11.8 Å². The number of piperazine rings is 1. The minimum Gasteiger partial charge on any atom is -0.340 e. The number of rotatable bonds is 4. The van der Waals surface area contributed by atoms with Crippen LogP contribution in [0.1, 0.15) is 31.2 Å². The third-order valence-electron chi connectivity index (χ3n) is 5.49. The molecule has 2 fully saturated rings. The van der Waals surface area contributed by atoms with E-state index in [1.807, 2.05) is 29.2 Å². The summed E-state index contributed by atoms with van der Waals surface area (Å²) in [4.78, 5) is 29.1. The predicted octanol–water partition coefficient (Wildman–Crippen LogP) is 1.46. The molecule has 1 aromatic rings. The minimum atomic E-state index is -0.00521. The summed E-state index contributed by atoms with van der Waals surface area (Å²) in [6, 6.07) is 7.76. The van der Waals surface area contributed by atoms with Gasteiger partial charge in [0.25, 0.3) is 0 Å². The summed E-state index contributed by atoms with van der Waals surface area (Å²) in [5.74, 6) is 0.192. The van der Waals surface area contributed by atoms with Crippen molar-refractivity contribution < 1.29 is 9.59 Å². The second-order valence-corrected chi connectivity index (χ2v) is 7.67. The van der Waals surface area contributed by atoms with E-state index < -0.39 is 0 Å². The number of nitrogens with one attached hydrogen (secondary N) is 1. The molecule has 3 N–H and O–H groups in total. The summed E-state index contributed by atoms with van der Waals surface area (Å²) in [7, 11) is 2.08. The number of carbonyl (C=O) groups excluding carboxylic acids is 2. The average Bonchev–Trinajstić information content (AvgIpc) is 2.62. The molecule has 3 rings (SSSR count). The van der Waals surface area contributed by atoms with Gasteiger partial charge in [-0.1, -0.05) is 18.6 Å². The van der Waals surface area contributed by atoms with E-state index in [9.17, 15) is 9.59 Å². The Morgan fingerprint density at radius 1 is 1.19 bits per heavy atom. The zero-order chi connectivity index (χ0) is 18.5. The molecule has 6 nitrogen and oxygen atoms in total. The highest BCUT2D eigenvalue weighted by Gasteiger charge is 2.25. The molecule has 0 spiro atoms. The number of hydrogen-bond donors (Lipinski definition) is 2. The first-order valence-corrected chi connectivity index (χ1v) is 9.63. The van der Waals surface area contributed by atoms with Crippen molar-refractivity contribution in [2.24, 2.45) is 11.7 Å². The normalized spacial score (nSPS) is 24.3. The average molecular weight is 358 g/mol. The first-order valence-electron chi connectivity index (χ1n) is 9.63. The van der Waals surface area contributed by atoms with Crippen molar-refractivity contribution in [3.63, 3.8) is 0 Å². The standard InChI is InChI=1S/C20H30N4O2/c1-23-8-10-24(11-9-23)19(25)13-15-4-2-7-18(12-15)22-20(26)16-5-3-6-17(21)14-16/h2,4,7,12,16-17H,3,5-6,8-11,13-14,21H2,1H3,(H,22,26). The number of nitrogens with two attached hydrogens (primary N) is 1. The number of likely N-dealkylation sites (N-methyl/N-ethyl adjacent to an activating group) is 1. The molecule has 1 aliphatic carbocycles. The van der Waals surface area contributed by atoms with Gasteiger partial charge in [-0.05, 0) is 44.0 Å². The third-order valence-corrected chi connectivity index (χ3v) is 5.49. The fourth-order valence-corrected chi connectivity index (χ4v) is 3.81. The highest BCUT2D eigenvalue weighted by Crippen LogP contribution is 2.24. The van der Waals surface area contributed by atoms with E-state index in [0.717, 1.165) is 63.1 Å². The zero-order valence-electron chi connectivity index (χ0n) is 15.6. The highest BCUT2D eigenvalue weighted by atomic mass is 16.2. The SMILES string of the molecule is CN1CCN(C(=O)Cc2cccc(NC(=O)C3CCCC(N)C3)c2)CC1. The van der Waals surface area contributed by atoms with E-state index in [0.29, 0.717) is 6.42 Å². The molecule has 1 saturated heterocycles. The van der Waals surface area contributed by atoms with Gasteiger partial charge in [0, 0.05) is 43.8 Å². The van der Waals surface area contributed by atoms with E-state index in [2.05, 4.69) is 17.3 Å². The van der Waals surface area contributed by atoms with Gasteiger partial charge in [0.15, 0.2) is 0 Å².